The first-order valence-electron chi connectivity index (χ1n) is 7.64. The van der Waals surface area contributed by atoms with Gasteiger partial charge in [-0.3, -0.25) is 0 Å². The molecule has 0 bridgehead atoms. The van der Waals surface area contributed by atoms with Gasteiger partial charge in [0.1, 0.15) is 24.7 Å². The standard InChI is InChI=1S/C18H23NO4/c1-11-5-7-15(8-6-11)22-9-10-23-18(21)17-12(2)16(14(4)20)13(3)19-17/h5-8,14,19-20H,9-10H2,1-4H3/t14-/m1/s1. The van der Waals surface area contributed by atoms with Gasteiger partial charge in [0.25, 0.3) is 0 Å². The summed E-state index contributed by atoms with van der Waals surface area (Å²) in [5, 5.41) is 9.75. The fraction of sp³-hybridized carbons (Fsp3) is 0.389. The lowest BCUT2D eigenvalue weighted by Gasteiger charge is -2.08. The molecule has 1 heterocycles. The highest BCUT2D eigenvalue weighted by Crippen LogP contribution is 2.24. The van der Waals surface area contributed by atoms with Crippen molar-refractivity contribution in [1.82, 2.24) is 4.98 Å². The Labute approximate surface area is 136 Å². The average molecular weight is 317 g/mol. The Balaban J connectivity index is 1.88. The zero-order valence-electron chi connectivity index (χ0n) is 14.0. The lowest BCUT2D eigenvalue weighted by atomic mass is 10.1. The van der Waals surface area contributed by atoms with Crippen LogP contribution in [0.15, 0.2) is 24.3 Å². The van der Waals surface area contributed by atoms with E-state index in [4.69, 9.17) is 9.47 Å². The van der Waals surface area contributed by atoms with E-state index in [1.165, 1.54) is 0 Å². The third-order valence-electron chi connectivity index (χ3n) is 3.72. The van der Waals surface area contributed by atoms with E-state index in [1.54, 1.807) is 13.8 Å². The van der Waals surface area contributed by atoms with Gasteiger partial charge in [-0.05, 0) is 45.4 Å². The smallest absolute Gasteiger partial charge is 0.355 e. The number of esters is 1. The first-order chi connectivity index (χ1) is 10.9. The van der Waals surface area contributed by atoms with Crippen molar-refractivity contribution < 1.29 is 19.4 Å². The van der Waals surface area contributed by atoms with Crippen LogP contribution in [0, 0.1) is 20.8 Å². The Kier molecular flexibility index (Phi) is 5.45. The summed E-state index contributed by atoms with van der Waals surface area (Å²) in [6, 6.07) is 7.68. The maximum Gasteiger partial charge on any atom is 0.355 e. The summed E-state index contributed by atoms with van der Waals surface area (Å²) >= 11 is 0. The molecular weight excluding hydrogens is 294 g/mol. The molecule has 0 amide bonds. The highest BCUT2D eigenvalue weighted by atomic mass is 16.6. The van der Waals surface area contributed by atoms with Gasteiger partial charge in [0.15, 0.2) is 0 Å². The molecule has 2 rings (SSSR count). The van der Waals surface area contributed by atoms with E-state index >= 15 is 0 Å². The summed E-state index contributed by atoms with van der Waals surface area (Å²) in [6.45, 7) is 7.75. The fourth-order valence-corrected chi connectivity index (χ4v) is 2.60. The molecule has 1 aromatic heterocycles. The van der Waals surface area contributed by atoms with Gasteiger partial charge in [0.05, 0.1) is 6.10 Å². The van der Waals surface area contributed by atoms with Crippen molar-refractivity contribution in [3.8, 4) is 5.75 Å². The lowest BCUT2D eigenvalue weighted by molar-refractivity contribution is 0.0443. The van der Waals surface area contributed by atoms with Crippen LogP contribution in [0.3, 0.4) is 0 Å². The van der Waals surface area contributed by atoms with Crippen LogP contribution in [0.4, 0.5) is 0 Å². The number of ether oxygens (including phenoxy) is 2. The molecule has 5 heteroatoms. The third kappa shape index (κ3) is 4.13. The predicted molar refractivity (Wildman–Crippen MR) is 87.9 cm³/mol. The van der Waals surface area contributed by atoms with Crippen LogP contribution in [-0.2, 0) is 4.74 Å². The van der Waals surface area contributed by atoms with Crippen LogP contribution >= 0.6 is 0 Å². The van der Waals surface area contributed by atoms with Crippen LogP contribution in [0.2, 0.25) is 0 Å². The maximum absolute atomic E-state index is 12.1. The van der Waals surface area contributed by atoms with Gasteiger partial charge in [-0.2, -0.15) is 0 Å². The van der Waals surface area contributed by atoms with E-state index in [1.807, 2.05) is 38.1 Å². The Morgan fingerprint density at radius 1 is 1.17 bits per heavy atom. The van der Waals surface area contributed by atoms with E-state index < -0.39 is 12.1 Å². The topological polar surface area (TPSA) is 71.5 Å². The van der Waals surface area contributed by atoms with Crippen molar-refractivity contribution in [1.29, 1.82) is 0 Å². The number of aromatic nitrogens is 1. The molecule has 2 aromatic rings. The predicted octanol–water partition coefficient (Wildman–Crippen LogP) is 3.23. The minimum absolute atomic E-state index is 0.161. The zero-order valence-corrected chi connectivity index (χ0v) is 14.0. The summed E-state index contributed by atoms with van der Waals surface area (Å²) in [4.78, 5) is 15.1. The number of carbonyl (C=O) groups is 1. The first kappa shape index (κ1) is 17.1. The molecule has 0 fully saturated rings. The van der Waals surface area contributed by atoms with Gasteiger partial charge in [-0.15, -0.1) is 0 Å². The number of H-pyrrole nitrogens is 1. The molecule has 0 spiro atoms. The normalized spacial score (nSPS) is 12.0. The second-order valence-corrected chi connectivity index (χ2v) is 5.64. The van der Waals surface area contributed by atoms with E-state index in [-0.39, 0.29) is 13.2 Å². The molecule has 0 aliphatic heterocycles. The maximum atomic E-state index is 12.1. The quantitative estimate of drug-likeness (QED) is 0.634. The number of aryl methyl sites for hydroxylation is 2. The summed E-state index contributed by atoms with van der Waals surface area (Å²) in [5.41, 5.74) is 3.79. The van der Waals surface area contributed by atoms with Gasteiger partial charge in [-0.25, -0.2) is 4.79 Å². The molecule has 1 aromatic carbocycles. The second kappa shape index (κ2) is 7.33. The van der Waals surface area contributed by atoms with Crippen LogP contribution in [0.1, 0.15) is 45.9 Å². The van der Waals surface area contributed by atoms with Crippen LogP contribution in [0.5, 0.6) is 5.75 Å². The average Bonchev–Trinajstić information content (AvgIpc) is 2.80. The molecule has 0 aliphatic carbocycles. The number of benzene rings is 1. The van der Waals surface area contributed by atoms with Gasteiger partial charge >= 0.3 is 5.97 Å². The second-order valence-electron chi connectivity index (χ2n) is 5.64. The largest absolute Gasteiger partial charge is 0.490 e. The number of nitrogens with one attached hydrogen (secondary N) is 1. The number of hydrogen-bond donors (Lipinski definition) is 2. The summed E-state index contributed by atoms with van der Waals surface area (Å²) in [7, 11) is 0. The molecule has 0 aliphatic rings. The fourth-order valence-electron chi connectivity index (χ4n) is 2.60. The lowest BCUT2D eigenvalue weighted by Crippen LogP contribution is -2.13. The number of hydrogen-bond acceptors (Lipinski definition) is 4. The summed E-state index contributed by atoms with van der Waals surface area (Å²) in [6.07, 6.45) is -0.627. The molecule has 0 unspecified atom stereocenters. The van der Waals surface area contributed by atoms with E-state index in [9.17, 15) is 9.90 Å². The van der Waals surface area contributed by atoms with E-state index in [2.05, 4.69) is 4.98 Å². The van der Waals surface area contributed by atoms with Gasteiger partial charge in [0, 0.05) is 11.3 Å². The number of rotatable bonds is 6. The molecule has 0 saturated carbocycles. The number of aliphatic hydroxyl groups excluding tert-OH is 1. The monoisotopic (exact) mass is 317 g/mol. The molecule has 0 radical (unpaired) electrons. The highest BCUT2D eigenvalue weighted by Gasteiger charge is 2.20. The van der Waals surface area contributed by atoms with Gasteiger partial charge in [0.2, 0.25) is 0 Å². The van der Waals surface area contributed by atoms with Crippen molar-refractivity contribution >= 4 is 5.97 Å². The highest BCUT2D eigenvalue weighted by molar-refractivity contribution is 5.89. The van der Waals surface area contributed by atoms with Gasteiger partial charge < -0.3 is 19.6 Å². The van der Waals surface area contributed by atoms with E-state index in [0.29, 0.717) is 5.69 Å². The van der Waals surface area contributed by atoms with Crippen LogP contribution < -0.4 is 4.74 Å². The van der Waals surface area contributed by atoms with E-state index in [0.717, 1.165) is 28.1 Å². The molecular formula is C18H23NO4. The molecule has 124 valence electrons. The number of aliphatic hydroxyl groups is 1. The first-order valence-corrected chi connectivity index (χ1v) is 7.64. The van der Waals surface area contributed by atoms with Crippen molar-refractivity contribution in [2.24, 2.45) is 0 Å². The van der Waals surface area contributed by atoms with Crippen molar-refractivity contribution in [2.45, 2.75) is 33.8 Å². The molecule has 23 heavy (non-hydrogen) atoms. The SMILES string of the molecule is Cc1ccc(OCCOC(=O)c2[nH]c(C)c([C@@H](C)O)c2C)cc1. The number of carbonyl (C=O) groups excluding carboxylic acids is 1. The Morgan fingerprint density at radius 3 is 2.39 bits per heavy atom. The minimum atomic E-state index is -0.627. The Morgan fingerprint density at radius 2 is 1.83 bits per heavy atom. The Hall–Kier alpha value is -2.27. The van der Waals surface area contributed by atoms with Gasteiger partial charge in [-0.1, -0.05) is 17.7 Å². The Bertz CT molecular complexity index is 671. The molecule has 2 N–H and O–H groups in total. The van der Waals surface area contributed by atoms with Crippen molar-refractivity contribution in [2.75, 3.05) is 13.2 Å². The molecule has 5 nitrogen and oxygen atoms in total. The van der Waals surface area contributed by atoms with Crippen LogP contribution in [-0.4, -0.2) is 29.3 Å². The van der Waals surface area contributed by atoms with Crippen molar-refractivity contribution in [3.05, 3.63) is 52.3 Å². The molecule has 1 atom stereocenters. The van der Waals surface area contributed by atoms with Crippen molar-refractivity contribution in [3.63, 3.8) is 0 Å². The number of aromatic amines is 1. The molecule has 0 saturated heterocycles. The third-order valence-corrected chi connectivity index (χ3v) is 3.72. The van der Waals surface area contributed by atoms with Crippen LogP contribution in [0.25, 0.3) is 0 Å². The zero-order chi connectivity index (χ0) is 17.0. The summed E-state index contributed by atoms with van der Waals surface area (Å²) < 4.78 is 10.7. The summed E-state index contributed by atoms with van der Waals surface area (Å²) in [5.74, 6) is 0.306. The minimum Gasteiger partial charge on any atom is -0.490 e.